The molecule has 0 saturated carbocycles. The van der Waals surface area contributed by atoms with Gasteiger partial charge in [0.1, 0.15) is 0 Å². The van der Waals surface area contributed by atoms with E-state index in [-0.39, 0.29) is 0 Å². The summed E-state index contributed by atoms with van der Waals surface area (Å²) in [5.74, 6) is 0. The van der Waals surface area contributed by atoms with Crippen molar-refractivity contribution in [1.82, 2.24) is 0 Å². The second-order valence-corrected chi connectivity index (χ2v) is 6.02. The van der Waals surface area contributed by atoms with E-state index in [1.165, 1.54) is 37.5 Å². The van der Waals surface area contributed by atoms with Gasteiger partial charge in [-0.1, -0.05) is 54.6 Å². The molecule has 1 aromatic heterocycles. The van der Waals surface area contributed by atoms with Crippen LogP contribution in [0.15, 0.2) is 66.0 Å². The molecule has 96 valence electrons. The Bertz CT molecular complexity index is 845. The smallest absolute Gasteiger partial charge is 0.0355 e. The first kappa shape index (κ1) is 11.7. The van der Waals surface area contributed by atoms with Crippen molar-refractivity contribution in [3.05, 3.63) is 71.6 Å². The van der Waals surface area contributed by atoms with Crippen LogP contribution in [0.3, 0.4) is 0 Å². The monoisotopic (exact) mass is 274 g/mol. The lowest BCUT2D eigenvalue weighted by Crippen LogP contribution is -1.87. The van der Waals surface area contributed by atoms with Gasteiger partial charge in [-0.2, -0.15) is 0 Å². The van der Waals surface area contributed by atoms with E-state index in [2.05, 4.69) is 73.0 Å². The molecule has 1 heteroatoms. The van der Waals surface area contributed by atoms with Crippen molar-refractivity contribution in [3.8, 4) is 10.4 Å². The van der Waals surface area contributed by atoms with Gasteiger partial charge in [-0.05, 0) is 45.5 Å². The highest BCUT2D eigenvalue weighted by Crippen LogP contribution is 2.40. The summed E-state index contributed by atoms with van der Waals surface area (Å²) in [4.78, 5) is 1.34. The van der Waals surface area contributed by atoms with Crippen molar-refractivity contribution >= 4 is 32.9 Å². The molecule has 0 aliphatic carbocycles. The van der Waals surface area contributed by atoms with Gasteiger partial charge in [0.2, 0.25) is 0 Å². The summed E-state index contributed by atoms with van der Waals surface area (Å²) in [6, 6.07) is 21.8. The largest absolute Gasteiger partial charge is 0.144 e. The van der Waals surface area contributed by atoms with Crippen LogP contribution >= 0.6 is 11.3 Å². The van der Waals surface area contributed by atoms with Gasteiger partial charge < -0.3 is 0 Å². The van der Waals surface area contributed by atoms with Crippen LogP contribution in [0.4, 0.5) is 0 Å². The van der Waals surface area contributed by atoms with Gasteiger partial charge >= 0.3 is 0 Å². The fourth-order valence-electron chi connectivity index (χ4n) is 3.03. The average molecular weight is 274 g/mol. The number of benzene rings is 3. The molecular formula is C19H14S. The average Bonchev–Trinajstić information content (AvgIpc) is 3.02. The van der Waals surface area contributed by atoms with Gasteiger partial charge in [-0.25, -0.2) is 0 Å². The third kappa shape index (κ3) is 1.60. The van der Waals surface area contributed by atoms with Crippen molar-refractivity contribution in [2.24, 2.45) is 0 Å². The molecule has 4 rings (SSSR count). The lowest BCUT2D eigenvalue weighted by atomic mass is 9.92. The molecule has 0 radical (unpaired) electrons. The quantitative estimate of drug-likeness (QED) is 0.372. The van der Waals surface area contributed by atoms with Crippen LogP contribution in [0.2, 0.25) is 0 Å². The number of fused-ring (bicyclic) bond motifs is 2. The van der Waals surface area contributed by atoms with Gasteiger partial charge in [-0.15, -0.1) is 11.3 Å². The summed E-state index contributed by atoms with van der Waals surface area (Å²) in [6.45, 7) is 2.23. The van der Waals surface area contributed by atoms with E-state index < -0.39 is 0 Å². The van der Waals surface area contributed by atoms with Crippen LogP contribution in [-0.2, 0) is 0 Å². The van der Waals surface area contributed by atoms with E-state index >= 15 is 0 Å². The predicted octanol–water partition coefficient (Wildman–Crippen LogP) is 6.03. The highest BCUT2D eigenvalue weighted by Gasteiger charge is 2.12. The Labute approximate surface area is 122 Å². The van der Waals surface area contributed by atoms with Gasteiger partial charge in [-0.3, -0.25) is 0 Å². The van der Waals surface area contributed by atoms with Crippen molar-refractivity contribution in [2.45, 2.75) is 6.92 Å². The van der Waals surface area contributed by atoms with E-state index in [9.17, 15) is 0 Å². The number of hydrogen-bond donors (Lipinski definition) is 0. The van der Waals surface area contributed by atoms with Crippen LogP contribution < -0.4 is 0 Å². The van der Waals surface area contributed by atoms with Crippen molar-refractivity contribution < 1.29 is 0 Å². The first-order chi connectivity index (χ1) is 9.86. The first-order valence-electron chi connectivity index (χ1n) is 6.80. The number of thiophene rings is 1. The van der Waals surface area contributed by atoms with Gasteiger partial charge in [0.25, 0.3) is 0 Å². The molecule has 4 aromatic rings. The Morgan fingerprint density at radius 3 is 1.70 bits per heavy atom. The highest BCUT2D eigenvalue weighted by atomic mass is 32.1. The SMILES string of the molecule is Cc1c2ccccc2c(-c2cccs2)c2ccccc12. The van der Waals surface area contributed by atoms with Gasteiger partial charge in [0.15, 0.2) is 0 Å². The van der Waals surface area contributed by atoms with Crippen LogP contribution in [0.1, 0.15) is 5.56 Å². The van der Waals surface area contributed by atoms with Crippen LogP contribution in [0, 0.1) is 6.92 Å². The second-order valence-electron chi connectivity index (χ2n) is 5.07. The summed E-state index contributed by atoms with van der Waals surface area (Å²) < 4.78 is 0. The van der Waals surface area contributed by atoms with Crippen LogP contribution in [-0.4, -0.2) is 0 Å². The standard InChI is InChI=1S/C19H14S/c1-13-14-7-2-4-9-16(14)19(18-11-6-12-20-18)17-10-5-3-8-15(13)17/h2-12H,1H3. The molecule has 0 N–H and O–H groups in total. The molecular weight excluding hydrogens is 260 g/mol. The maximum atomic E-state index is 2.24. The van der Waals surface area contributed by atoms with Gasteiger partial charge in [0.05, 0.1) is 0 Å². The Hall–Kier alpha value is -2.12. The van der Waals surface area contributed by atoms with E-state index in [1.807, 2.05) is 11.3 Å². The maximum absolute atomic E-state index is 2.24. The fourth-order valence-corrected chi connectivity index (χ4v) is 3.83. The lowest BCUT2D eigenvalue weighted by Gasteiger charge is -2.13. The van der Waals surface area contributed by atoms with Gasteiger partial charge in [0, 0.05) is 10.4 Å². The number of rotatable bonds is 1. The van der Waals surface area contributed by atoms with E-state index in [0.29, 0.717) is 0 Å². The molecule has 0 nitrogen and oxygen atoms in total. The minimum absolute atomic E-state index is 1.34. The first-order valence-corrected chi connectivity index (χ1v) is 7.68. The fraction of sp³-hybridized carbons (Fsp3) is 0.0526. The Morgan fingerprint density at radius 1 is 0.650 bits per heavy atom. The van der Waals surface area contributed by atoms with Crippen LogP contribution in [0.25, 0.3) is 32.0 Å². The van der Waals surface area contributed by atoms with Crippen molar-refractivity contribution in [1.29, 1.82) is 0 Å². The molecule has 0 aliphatic heterocycles. The summed E-state index contributed by atoms with van der Waals surface area (Å²) in [5.41, 5.74) is 2.74. The molecule has 0 aliphatic rings. The summed E-state index contributed by atoms with van der Waals surface area (Å²) >= 11 is 1.81. The molecule has 0 fully saturated rings. The topological polar surface area (TPSA) is 0 Å². The zero-order valence-electron chi connectivity index (χ0n) is 11.3. The molecule has 0 unspecified atom stereocenters. The van der Waals surface area contributed by atoms with Crippen molar-refractivity contribution in [3.63, 3.8) is 0 Å². The minimum Gasteiger partial charge on any atom is -0.144 e. The normalized spacial score (nSPS) is 11.2. The summed E-state index contributed by atoms with van der Waals surface area (Å²) in [7, 11) is 0. The Balaban J connectivity index is 2.31. The van der Waals surface area contributed by atoms with E-state index in [0.717, 1.165) is 0 Å². The predicted molar refractivity (Wildman–Crippen MR) is 89.5 cm³/mol. The number of hydrogen-bond acceptors (Lipinski definition) is 1. The van der Waals surface area contributed by atoms with E-state index in [1.54, 1.807) is 0 Å². The molecule has 0 atom stereocenters. The molecule has 0 amide bonds. The molecule has 3 aromatic carbocycles. The Morgan fingerprint density at radius 2 is 1.20 bits per heavy atom. The summed E-state index contributed by atoms with van der Waals surface area (Å²) in [5, 5.41) is 7.57. The molecule has 0 bridgehead atoms. The summed E-state index contributed by atoms with van der Waals surface area (Å²) in [6.07, 6.45) is 0. The maximum Gasteiger partial charge on any atom is 0.0355 e. The molecule has 1 heterocycles. The third-order valence-corrected chi connectivity index (χ3v) is 4.86. The van der Waals surface area contributed by atoms with Crippen LogP contribution in [0.5, 0.6) is 0 Å². The highest BCUT2D eigenvalue weighted by molar-refractivity contribution is 7.13. The van der Waals surface area contributed by atoms with E-state index in [4.69, 9.17) is 0 Å². The molecule has 0 saturated heterocycles. The third-order valence-electron chi connectivity index (χ3n) is 3.97. The minimum atomic E-state index is 1.34. The molecule has 20 heavy (non-hydrogen) atoms. The lowest BCUT2D eigenvalue weighted by molar-refractivity contribution is 1.58. The Kier molecular flexibility index (Phi) is 2.61. The second kappa shape index (κ2) is 4.46. The zero-order chi connectivity index (χ0) is 13.5. The van der Waals surface area contributed by atoms with Crippen molar-refractivity contribution in [2.75, 3.05) is 0 Å². The molecule has 0 spiro atoms. The zero-order valence-corrected chi connectivity index (χ0v) is 12.1. The number of aryl methyl sites for hydroxylation is 1.